The number of aromatic nitrogens is 3. The van der Waals surface area contributed by atoms with E-state index in [4.69, 9.17) is 27.1 Å². The van der Waals surface area contributed by atoms with Crippen molar-refractivity contribution in [2.45, 2.75) is 26.2 Å². The fourth-order valence-electron chi connectivity index (χ4n) is 2.16. The van der Waals surface area contributed by atoms with Gasteiger partial charge in [0.1, 0.15) is 20.5 Å². The van der Waals surface area contributed by atoms with Crippen LogP contribution in [-0.2, 0) is 4.79 Å². The zero-order valence-electron chi connectivity index (χ0n) is 27.4. The van der Waals surface area contributed by atoms with Crippen molar-refractivity contribution >= 4 is 22.8 Å². The number of amides is 1. The lowest BCUT2D eigenvalue weighted by Crippen LogP contribution is -2.53. The molecule has 7 nitrogen and oxygen atoms in total. The molecule has 0 aromatic carbocycles. The second-order valence-electron chi connectivity index (χ2n) is 4.84. The van der Waals surface area contributed by atoms with E-state index < -0.39 is 68.3 Å². The summed E-state index contributed by atoms with van der Waals surface area (Å²) in [5, 5.41) is -0.310. The number of aromatic amines is 1. The maximum Gasteiger partial charge on any atom is 0.302 e. The summed E-state index contributed by atoms with van der Waals surface area (Å²) in [6.45, 7) is -10.1. The van der Waals surface area contributed by atoms with E-state index >= 15 is 0 Å². The van der Waals surface area contributed by atoms with Crippen molar-refractivity contribution in [2.75, 3.05) is 31.4 Å². The molecule has 0 radical (unpaired) electrons. The minimum absolute atomic E-state index is 0.0835. The van der Waals surface area contributed by atoms with Crippen LogP contribution in [0.15, 0.2) is 12.4 Å². The third-order valence-electron chi connectivity index (χ3n) is 3.22. The minimum Gasteiger partial charge on any atom is -0.354 e. The Bertz CT molecular complexity index is 1340. The van der Waals surface area contributed by atoms with Gasteiger partial charge in [0.15, 0.2) is 0 Å². The Morgan fingerprint density at radius 2 is 2.62 bits per heavy atom. The molecule has 1 N–H and O–H groups in total. The van der Waals surface area contributed by atoms with Gasteiger partial charge in [-0.25, -0.2) is 16.5 Å². The SMILES string of the molecule is [2H]c1c(C)[nH]c2ncnc(N([C@@H]3[C@H](C([2H])([2H])[2H])C([2H])([2H])C([2H])([2H])N(C(=O)C([2H])([2H])[N+]#[C-])C3([2H])[2H])C([2H])([2H])[2H])c12. The average Bonchev–Trinajstić information content (AvgIpc) is 3.04. The molecule has 0 bridgehead atoms. The summed E-state index contributed by atoms with van der Waals surface area (Å²) >= 11 is 0. The zero-order chi connectivity index (χ0) is 30.3. The lowest BCUT2D eigenvalue weighted by molar-refractivity contribution is -0.130. The van der Waals surface area contributed by atoms with Crippen molar-refractivity contribution in [1.82, 2.24) is 19.9 Å². The number of carbonyl (C=O) groups excluding carboxylic acids is 1. The second kappa shape index (κ2) is 6.48. The molecule has 3 rings (SSSR count). The van der Waals surface area contributed by atoms with Crippen molar-refractivity contribution < 1.29 is 25.4 Å². The number of hydrogen-bond donors (Lipinski definition) is 1. The van der Waals surface area contributed by atoms with Crippen LogP contribution < -0.4 is 4.90 Å². The van der Waals surface area contributed by atoms with Crippen LogP contribution in [0.25, 0.3) is 15.9 Å². The lowest BCUT2D eigenvalue weighted by Gasteiger charge is -2.41. The third-order valence-corrected chi connectivity index (χ3v) is 3.22. The summed E-state index contributed by atoms with van der Waals surface area (Å²) in [6, 6.07) is -3.14. The molecule has 0 saturated carbocycles. The first-order chi connectivity index (χ1) is 17.4. The second-order valence-corrected chi connectivity index (χ2v) is 4.84. The van der Waals surface area contributed by atoms with Crippen LogP contribution in [0.3, 0.4) is 0 Å². The monoisotopic (exact) mass is 341 g/mol. The number of hydrogen-bond acceptors (Lipinski definition) is 4. The first kappa shape index (κ1) is 6.03. The summed E-state index contributed by atoms with van der Waals surface area (Å²) in [4.78, 5) is 25.4. The van der Waals surface area contributed by atoms with E-state index in [1.807, 2.05) is 0 Å². The minimum atomic E-state index is -3.89. The molecule has 0 unspecified atom stereocenters. The molecule has 2 atom stereocenters. The Labute approximate surface area is 162 Å². The molecule has 3 heterocycles. The van der Waals surface area contributed by atoms with Crippen molar-refractivity contribution in [1.29, 1.82) is 0 Å². The Kier molecular flexibility index (Phi) is 1.63. The van der Waals surface area contributed by atoms with Gasteiger partial charge in [-0.1, -0.05) is 6.85 Å². The van der Waals surface area contributed by atoms with Gasteiger partial charge in [-0.2, -0.15) is 0 Å². The number of H-pyrrole nitrogens is 1. The summed E-state index contributed by atoms with van der Waals surface area (Å²) in [7, 11) is 0. The summed E-state index contributed by atoms with van der Waals surface area (Å²) in [5.74, 6) is -5.74. The van der Waals surface area contributed by atoms with E-state index in [0.717, 1.165) is 6.33 Å². The van der Waals surface area contributed by atoms with E-state index in [-0.39, 0.29) is 27.7 Å². The maximum absolute atomic E-state index is 13.1. The fourth-order valence-corrected chi connectivity index (χ4v) is 2.16. The number of rotatable bonds is 3. The zero-order valence-corrected chi connectivity index (χ0v) is 12.4. The molecular weight excluding hydrogens is 304 g/mol. The van der Waals surface area contributed by atoms with Gasteiger partial charge < -0.3 is 19.6 Å². The van der Waals surface area contributed by atoms with Gasteiger partial charge >= 0.3 is 5.91 Å². The molecule has 1 saturated heterocycles. The van der Waals surface area contributed by atoms with E-state index in [1.54, 1.807) is 0 Å². The van der Waals surface area contributed by atoms with Gasteiger partial charge in [0.25, 0.3) is 6.50 Å². The molecule has 0 aliphatic carbocycles. The van der Waals surface area contributed by atoms with E-state index in [1.165, 1.54) is 6.92 Å². The highest BCUT2D eigenvalue weighted by Crippen LogP contribution is 2.29. The number of fused-ring (bicyclic) bond motifs is 1. The van der Waals surface area contributed by atoms with Gasteiger partial charge in [-0.05, 0) is 25.3 Å². The smallest absolute Gasteiger partial charge is 0.302 e. The molecule has 24 heavy (non-hydrogen) atoms. The van der Waals surface area contributed by atoms with Gasteiger partial charge in [-0.3, -0.25) is 4.79 Å². The summed E-state index contributed by atoms with van der Waals surface area (Å²) in [5.41, 5.74) is 0.0687. The molecule has 1 fully saturated rings. The highest BCUT2D eigenvalue weighted by molar-refractivity contribution is 5.88. The lowest BCUT2D eigenvalue weighted by atomic mass is 9.92. The quantitative estimate of drug-likeness (QED) is 0.865. The highest BCUT2D eigenvalue weighted by atomic mass is 16.2. The highest BCUT2D eigenvalue weighted by Gasteiger charge is 2.33. The molecule has 1 aliphatic rings. The average molecular weight is 341 g/mol. The molecule has 126 valence electrons. The normalized spacial score (nSPS) is 38.0. The number of nitrogens with zero attached hydrogens (tertiary/aromatic N) is 5. The molecule has 1 aliphatic heterocycles. The Balaban J connectivity index is 2.52. The molecule has 2 aromatic rings. The predicted molar refractivity (Wildman–Crippen MR) is 92.6 cm³/mol. The topological polar surface area (TPSA) is 69.5 Å². The maximum atomic E-state index is 13.1. The van der Waals surface area contributed by atoms with Crippen molar-refractivity contribution in [3.8, 4) is 0 Å². The number of piperidine rings is 1. The predicted octanol–water partition coefficient (Wildman–Crippen LogP) is 1.86. The van der Waals surface area contributed by atoms with Crippen molar-refractivity contribution in [3.05, 3.63) is 29.5 Å². The summed E-state index contributed by atoms with van der Waals surface area (Å²) in [6.07, 6.45) is -2.93. The Morgan fingerprint density at radius 3 is 3.38 bits per heavy atom. The van der Waals surface area contributed by atoms with E-state index in [0.29, 0.717) is 0 Å². The van der Waals surface area contributed by atoms with E-state index in [2.05, 4.69) is 19.8 Å². The fraction of sp³-hybridized carbons (Fsp3) is 0.529. The molecule has 0 spiro atoms. The first-order valence-electron chi connectivity index (χ1n) is 14.2. The van der Waals surface area contributed by atoms with Crippen LogP contribution in [0.4, 0.5) is 5.82 Å². The van der Waals surface area contributed by atoms with Gasteiger partial charge in [0.2, 0.25) is 0 Å². The third kappa shape index (κ3) is 2.92. The number of nitrogens with one attached hydrogen (secondary N) is 1. The first-order valence-corrected chi connectivity index (χ1v) is 6.69. The van der Waals surface area contributed by atoms with Crippen LogP contribution in [-0.4, -0.2) is 58.3 Å². The van der Waals surface area contributed by atoms with Crippen LogP contribution in [0.1, 0.15) is 39.5 Å². The number of carbonyl (C=O) groups is 1. The standard InChI is InChI=1S/C17H22N6O/c1-11-5-6-23(15(24)8-18-3)9-14(11)22(4)17-13-7-12(2)21-16(13)19-10-20-17/h7,10-11,14H,5-6,8-9H2,1-2,4H3,(H,19,20,21)/t11-,14+/m1/s1/i1D3,4D3,5D2,6D2,7D,8D2,9D2. The number of aryl methyl sites for hydroxylation is 1. The Hall–Kier alpha value is -2.62. The largest absolute Gasteiger partial charge is 0.354 e. The van der Waals surface area contributed by atoms with Gasteiger partial charge in [0.05, 0.1) is 15.5 Å². The number of likely N-dealkylation sites (N-methyl/N-ethyl adjacent to an activating group) is 1. The van der Waals surface area contributed by atoms with Gasteiger partial charge in [0, 0.05) is 39.4 Å². The van der Waals surface area contributed by atoms with Crippen LogP contribution in [0.5, 0.6) is 0 Å². The van der Waals surface area contributed by atoms with Crippen LogP contribution >= 0.6 is 0 Å². The number of likely N-dealkylation sites (tertiary alicyclic amines) is 1. The van der Waals surface area contributed by atoms with Crippen LogP contribution in [0, 0.1) is 19.4 Å². The van der Waals surface area contributed by atoms with Crippen molar-refractivity contribution in [3.63, 3.8) is 0 Å². The van der Waals surface area contributed by atoms with Gasteiger partial charge in [-0.15, -0.1) is 0 Å². The van der Waals surface area contributed by atoms with Crippen LogP contribution in [0.2, 0.25) is 0 Å². The molecular formula is C17H22N6O. The number of anilines is 1. The molecule has 1 amide bonds. The van der Waals surface area contributed by atoms with Crippen molar-refractivity contribution in [2.24, 2.45) is 5.92 Å². The summed E-state index contributed by atoms with van der Waals surface area (Å²) < 4.78 is 123. The molecule has 7 heteroatoms. The molecule has 2 aromatic heterocycles. The van der Waals surface area contributed by atoms with E-state index in [9.17, 15) is 4.79 Å². The Morgan fingerprint density at radius 1 is 1.75 bits per heavy atom.